The number of nitrogens with one attached hydrogen (secondary N) is 1. The van der Waals surface area contributed by atoms with Crippen molar-refractivity contribution in [2.45, 2.75) is 18.2 Å². The summed E-state index contributed by atoms with van der Waals surface area (Å²) in [6, 6.07) is 7.64. The summed E-state index contributed by atoms with van der Waals surface area (Å²) in [4.78, 5) is 0.785. The van der Waals surface area contributed by atoms with E-state index in [-0.39, 0.29) is 5.92 Å². The quantitative estimate of drug-likeness (QED) is 0.801. The van der Waals surface area contributed by atoms with Crippen molar-refractivity contribution in [1.29, 1.82) is 0 Å². The van der Waals surface area contributed by atoms with E-state index in [0.29, 0.717) is 19.6 Å². The van der Waals surface area contributed by atoms with Crippen molar-refractivity contribution in [2.24, 2.45) is 5.92 Å². The zero-order valence-corrected chi connectivity index (χ0v) is 13.6. The second kappa shape index (κ2) is 6.93. The molecule has 0 saturated carbocycles. The number of hydrogen-bond donors (Lipinski definition) is 1. The molecule has 1 heterocycles. The summed E-state index contributed by atoms with van der Waals surface area (Å²) >= 11 is -1.18. The summed E-state index contributed by atoms with van der Waals surface area (Å²) in [5.74, 6) is 0.175. The number of nitrogens with zero attached hydrogens (tertiary/aromatic N) is 1. The Kier molecular flexibility index (Phi) is 5.45. The van der Waals surface area contributed by atoms with E-state index in [2.05, 4.69) is 11.3 Å². The minimum Gasteiger partial charge on any atom is -0.593 e. The maximum Gasteiger partial charge on any atom is 0.233 e. The van der Waals surface area contributed by atoms with Crippen LogP contribution < -0.4 is 4.72 Å². The van der Waals surface area contributed by atoms with Gasteiger partial charge in [0.1, 0.15) is 0 Å². The van der Waals surface area contributed by atoms with Gasteiger partial charge in [0.15, 0.2) is 4.90 Å². The SMILES string of the molecule is C=CS(=O)(=O)NCC1CCN([S+]([O-])c2ccc(C)cc2)C1. The smallest absolute Gasteiger partial charge is 0.233 e. The Morgan fingerprint density at radius 1 is 1.48 bits per heavy atom. The van der Waals surface area contributed by atoms with Gasteiger partial charge in [0, 0.05) is 25.0 Å². The van der Waals surface area contributed by atoms with Crippen molar-refractivity contribution in [2.75, 3.05) is 19.6 Å². The van der Waals surface area contributed by atoms with Gasteiger partial charge in [-0.15, -0.1) is 4.31 Å². The Labute approximate surface area is 129 Å². The zero-order chi connectivity index (χ0) is 15.5. The molecule has 0 amide bonds. The van der Waals surface area contributed by atoms with E-state index in [9.17, 15) is 13.0 Å². The van der Waals surface area contributed by atoms with Crippen molar-refractivity contribution in [1.82, 2.24) is 9.03 Å². The average Bonchev–Trinajstić information content (AvgIpc) is 2.94. The van der Waals surface area contributed by atoms with Gasteiger partial charge in [-0.05, 0) is 31.4 Å². The summed E-state index contributed by atoms with van der Waals surface area (Å²) in [5, 5.41) is 0.907. The number of rotatable bonds is 6. The first-order valence-electron chi connectivity index (χ1n) is 6.77. The molecule has 2 atom stereocenters. The monoisotopic (exact) mass is 328 g/mol. The lowest BCUT2D eigenvalue weighted by molar-refractivity contribution is 0.454. The first-order chi connectivity index (χ1) is 9.91. The third kappa shape index (κ3) is 4.55. The number of aryl methyl sites for hydroxylation is 1. The van der Waals surface area contributed by atoms with Crippen molar-refractivity contribution >= 4 is 21.4 Å². The summed E-state index contributed by atoms with van der Waals surface area (Å²) in [7, 11) is -3.38. The highest BCUT2D eigenvalue weighted by Gasteiger charge is 2.32. The van der Waals surface area contributed by atoms with Crippen LogP contribution in [-0.2, 0) is 21.4 Å². The molecule has 1 N–H and O–H groups in total. The van der Waals surface area contributed by atoms with Crippen LogP contribution in [0.4, 0.5) is 0 Å². The molecule has 1 aromatic carbocycles. The normalized spacial score (nSPS) is 21.3. The van der Waals surface area contributed by atoms with E-state index in [1.165, 1.54) is 0 Å². The van der Waals surface area contributed by atoms with Gasteiger partial charge in [-0.1, -0.05) is 24.3 Å². The fraction of sp³-hybridized carbons (Fsp3) is 0.429. The molecule has 0 aliphatic carbocycles. The van der Waals surface area contributed by atoms with Gasteiger partial charge < -0.3 is 4.55 Å². The summed E-state index contributed by atoms with van der Waals surface area (Å²) < 4.78 is 39.5. The lowest BCUT2D eigenvalue weighted by Crippen LogP contribution is -2.32. The number of sulfonamides is 1. The van der Waals surface area contributed by atoms with Gasteiger partial charge in [0.2, 0.25) is 10.0 Å². The second-order valence-corrected chi connectivity index (χ2v) is 8.36. The van der Waals surface area contributed by atoms with Gasteiger partial charge in [0.25, 0.3) is 0 Å². The highest BCUT2D eigenvalue weighted by molar-refractivity contribution is 7.92. The highest BCUT2D eigenvalue weighted by atomic mass is 32.2. The van der Waals surface area contributed by atoms with Crippen molar-refractivity contribution in [3.05, 3.63) is 41.8 Å². The molecule has 21 heavy (non-hydrogen) atoms. The van der Waals surface area contributed by atoms with E-state index >= 15 is 0 Å². The van der Waals surface area contributed by atoms with E-state index < -0.39 is 21.4 Å². The molecule has 1 aliphatic rings. The number of benzene rings is 1. The van der Waals surface area contributed by atoms with Crippen LogP contribution in [0.25, 0.3) is 0 Å². The number of hydrogen-bond acceptors (Lipinski definition) is 4. The van der Waals surface area contributed by atoms with E-state index in [0.717, 1.165) is 22.3 Å². The van der Waals surface area contributed by atoms with E-state index in [1.54, 1.807) is 0 Å². The van der Waals surface area contributed by atoms with Gasteiger partial charge in [-0.25, -0.2) is 13.1 Å². The molecular formula is C14H20N2O3S2. The van der Waals surface area contributed by atoms with Crippen LogP contribution in [-0.4, -0.2) is 36.9 Å². The lowest BCUT2D eigenvalue weighted by atomic mass is 10.1. The van der Waals surface area contributed by atoms with Crippen molar-refractivity contribution in [3.8, 4) is 0 Å². The Hall–Kier alpha value is -0.860. The first kappa shape index (κ1) is 16.5. The van der Waals surface area contributed by atoms with Gasteiger partial charge in [0.05, 0.1) is 11.4 Å². The first-order valence-corrected chi connectivity index (χ1v) is 9.42. The molecule has 7 heteroatoms. The van der Waals surface area contributed by atoms with Crippen LogP contribution in [0.3, 0.4) is 0 Å². The molecule has 0 aromatic heterocycles. The molecule has 0 radical (unpaired) electrons. The Bertz CT molecular complexity index is 587. The lowest BCUT2D eigenvalue weighted by Gasteiger charge is -2.19. The molecule has 2 unspecified atom stereocenters. The topological polar surface area (TPSA) is 72.5 Å². The second-order valence-electron chi connectivity index (χ2n) is 5.17. The molecule has 5 nitrogen and oxygen atoms in total. The molecule has 116 valence electrons. The van der Waals surface area contributed by atoms with Crippen LogP contribution in [0.1, 0.15) is 12.0 Å². The van der Waals surface area contributed by atoms with Crippen LogP contribution in [0.15, 0.2) is 41.1 Å². The summed E-state index contributed by atoms with van der Waals surface area (Å²) in [5.41, 5.74) is 1.13. The Morgan fingerprint density at radius 3 is 2.76 bits per heavy atom. The maximum absolute atomic E-state index is 12.4. The van der Waals surface area contributed by atoms with E-state index in [4.69, 9.17) is 0 Å². The standard InChI is InChI=1S/C14H20N2O3S2/c1-3-21(18,19)15-10-13-8-9-16(11-13)20(17)14-6-4-12(2)5-7-14/h3-7,13,15H,1,8-11H2,2H3. The van der Waals surface area contributed by atoms with Crippen molar-refractivity contribution < 1.29 is 13.0 Å². The van der Waals surface area contributed by atoms with Gasteiger partial charge in [-0.2, -0.15) is 0 Å². The molecule has 1 fully saturated rings. The van der Waals surface area contributed by atoms with Crippen LogP contribution in [0.5, 0.6) is 0 Å². The summed E-state index contributed by atoms with van der Waals surface area (Å²) in [6.45, 7) is 6.94. The third-order valence-corrected chi connectivity index (χ3v) is 5.98. The summed E-state index contributed by atoms with van der Waals surface area (Å²) in [6.07, 6.45) is 0.831. The molecule has 0 spiro atoms. The van der Waals surface area contributed by atoms with E-state index in [1.807, 2.05) is 35.5 Å². The third-order valence-electron chi connectivity index (χ3n) is 3.50. The van der Waals surface area contributed by atoms with Crippen LogP contribution >= 0.6 is 0 Å². The Balaban J connectivity index is 1.90. The van der Waals surface area contributed by atoms with Gasteiger partial charge >= 0.3 is 0 Å². The van der Waals surface area contributed by atoms with Crippen molar-refractivity contribution in [3.63, 3.8) is 0 Å². The molecule has 2 rings (SSSR count). The average molecular weight is 328 g/mol. The fourth-order valence-corrected chi connectivity index (χ4v) is 4.08. The molecular weight excluding hydrogens is 308 g/mol. The zero-order valence-electron chi connectivity index (χ0n) is 12.0. The predicted molar refractivity (Wildman–Crippen MR) is 84.4 cm³/mol. The molecule has 1 aliphatic heterocycles. The van der Waals surface area contributed by atoms with Crippen LogP contribution in [0.2, 0.25) is 0 Å². The molecule has 0 bridgehead atoms. The highest BCUT2D eigenvalue weighted by Crippen LogP contribution is 2.24. The largest absolute Gasteiger partial charge is 0.593 e. The minimum atomic E-state index is -3.38. The Morgan fingerprint density at radius 2 is 2.14 bits per heavy atom. The minimum absolute atomic E-state index is 0.175. The maximum atomic E-state index is 12.4. The fourth-order valence-electron chi connectivity index (χ4n) is 2.21. The van der Waals surface area contributed by atoms with Gasteiger partial charge in [-0.3, -0.25) is 0 Å². The molecule has 1 aromatic rings. The predicted octanol–water partition coefficient (Wildman–Crippen LogP) is 1.40. The molecule has 1 saturated heterocycles. The van der Waals surface area contributed by atoms with Crippen LogP contribution in [0, 0.1) is 12.8 Å².